The van der Waals surface area contributed by atoms with Crippen LogP contribution in [0.4, 0.5) is 0 Å². The largest absolute Gasteiger partial charge is 0.456 e. The Morgan fingerprint density at radius 2 is 0.971 bits per heavy atom. The van der Waals surface area contributed by atoms with E-state index in [1.165, 1.54) is 32.6 Å². The van der Waals surface area contributed by atoms with Crippen molar-refractivity contribution in [3.05, 3.63) is 223 Å². The molecule has 0 fully saturated rings. The highest BCUT2D eigenvalue weighted by Gasteiger charge is 2.24. The molecule has 4 heterocycles. The van der Waals surface area contributed by atoms with E-state index in [4.69, 9.17) is 4.42 Å². The molecule has 0 atom stereocenters. The lowest BCUT2D eigenvalue weighted by Crippen LogP contribution is -2.01. The van der Waals surface area contributed by atoms with E-state index in [2.05, 4.69) is 196 Å². The minimum absolute atomic E-state index is 0.469. The Balaban J connectivity index is 1.07. The maximum atomic E-state index is 10.1. The summed E-state index contributed by atoms with van der Waals surface area (Å²) in [5.41, 5.74) is 15.9. The van der Waals surface area contributed by atoms with Gasteiger partial charge in [-0.05, 0) is 83.9 Å². The van der Waals surface area contributed by atoms with Crippen LogP contribution < -0.4 is 0 Å². The normalized spacial score (nSPS) is 11.8. The fraction of sp³-hybridized carbons (Fsp3) is 0. The molecule has 0 bridgehead atoms. The van der Waals surface area contributed by atoms with Gasteiger partial charge in [0, 0.05) is 71.7 Å². The molecule has 6 nitrogen and oxygen atoms in total. The van der Waals surface area contributed by atoms with Crippen LogP contribution in [0.3, 0.4) is 0 Å². The van der Waals surface area contributed by atoms with Crippen molar-refractivity contribution >= 4 is 87.4 Å². The molecule has 0 saturated heterocycles. The molecule has 4 aromatic heterocycles. The molecule has 0 spiro atoms. The zero-order valence-electron chi connectivity index (χ0n) is 36.4. The van der Waals surface area contributed by atoms with E-state index in [-0.39, 0.29) is 0 Å². The molecule has 6 heteroatoms. The van der Waals surface area contributed by atoms with Gasteiger partial charge in [0.2, 0.25) is 0 Å². The second-order valence-corrected chi connectivity index (χ2v) is 17.4. The SMILES string of the molecule is N#Cc1cccc(C#N)c1-c1ccc(-c2ccc(-n3c4ccccc4c4c3ccc3c5ccccc5n(-c5ccccc5)c34)cc2-n2c3ccccc3c3cc4c(cc32)oc2ccccc24)cc1. The van der Waals surface area contributed by atoms with Gasteiger partial charge in [0.1, 0.15) is 11.2 Å². The van der Waals surface area contributed by atoms with E-state index < -0.39 is 0 Å². The molecule has 0 unspecified atom stereocenters. The molecule has 314 valence electrons. The predicted molar refractivity (Wildman–Crippen MR) is 277 cm³/mol. The van der Waals surface area contributed by atoms with Crippen LogP contribution in [0.15, 0.2) is 217 Å². The third-order valence-corrected chi connectivity index (χ3v) is 13.9. The van der Waals surface area contributed by atoms with Gasteiger partial charge in [0.25, 0.3) is 0 Å². The van der Waals surface area contributed by atoms with Gasteiger partial charge in [-0.1, -0.05) is 133 Å². The number of nitrogens with zero attached hydrogens (tertiary/aromatic N) is 5. The second kappa shape index (κ2) is 14.4. The van der Waals surface area contributed by atoms with Crippen molar-refractivity contribution in [2.45, 2.75) is 0 Å². The molecule has 0 aliphatic rings. The highest BCUT2D eigenvalue weighted by atomic mass is 16.3. The highest BCUT2D eigenvalue weighted by molar-refractivity contribution is 6.26. The lowest BCUT2D eigenvalue weighted by molar-refractivity contribution is 0.669. The Morgan fingerprint density at radius 1 is 0.353 bits per heavy atom. The van der Waals surface area contributed by atoms with Crippen LogP contribution in [0.2, 0.25) is 0 Å². The first-order valence-corrected chi connectivity index (χ1v) is 22.7. The Morgan fingerprint density at radius 3 is 1.71 bits per heavy atom. The summed E-state index contributed by atoms with van der Waals surface area (Å²) in [6.07, 6.45) is 0. The van der Waals surface area contributed by atoms with Crippen molar-refractivity contribution < 1.29 is 4.42 Å². The summed E-state index contributed by atoms with van der Waals surface area (Å²) in [5.74, 6) is 0. The van der Waals surface area contributed by atoms with Crippen LogP contribution in [-0.4, -0.2) is 13.7 Å². The summed E-state index contributed by atoms with van der Waals surface area (Å²) in [4.78, 5) is 0. The first kappa shape index (κ1) is 37.7. The predicted octanol–water partition coefficient (Wildman–Crippen LogP) is 16.0. The highest BCUT2D eigenvalue weighted by Crippen LogP contribution is 2.45. The second-order valence-electron chi connectivity index (χ2n) is 17.4. The van der Waals surface area contributed by atoms with Crippen molar-refractivity contribution in [1.82, 2.24) is 13.7 Å². The lowest BCUT2D eigenvalue weighted by Gasteiger charge is -2.18. The Bertz CT molecular complexity index is 4480. The summed E-state index contributed by atoms with van der Waals surface area (Å²) in [6, 6.07) is 79.1. The van der Waals surface area contributed by atoms with Crippen molar-refractivity contribution in [2.75, 3.05) is 0 Å². The zero-order valence-corrected chi connectivity index (χ0v) is 36.4. The number of furan rings is 1. The third kappa shape index (κ3) is 5.31. The van der Waals surface area contributed by atoms with Crippen LogP contribution in [-0.2, 0) is 0 Å². The van der Waals surface area contributed by atoms with Crippen molar-refractivity contribution in [1.29, 1.82) is 10.5 Å². The van der Waals surface area contributed by atoms with E-state index in [9.17, 15) is 10.5 Å². The van der Waals surface area contributed by atoms with E-state index in [0.717, 1.165) is 88.5 Å². The molecular weight excluding hydrogens is 831 g/mol. The summed E-state index contributed by atoms with van der Waals surface area (Å²) < 4.78 is 13.8. The number of rotatable bonds is 5. The maximum absolute atomic E-state index is 10.1. The van der Waals surface area contributed by atoms with Crippen LogP contribution in [0.25, 0.3) is 127 Å². The molecular formula is C62H35N5O. The zero-order chi connectivity index (χ0) is 45.0. The first-order chi connectivity index (χ1) is 33.7. The van der Waals surface area contributed by atoms with Crippen LogP contribution in [0, 0.1) is 22.7 Å². The first-order valence-electron chi connectivity index (χ1n) is 22.7. The number of nitriles is 2. The van der Waals surface area contributed by atoms with Crippen molar-refractivity contribution in [3.8, 4) is 51.5 Å². The van der Waals surface area contributed by atoms with Gasteiger partial charge in [-0.3, -0.25) is 0 Å². The van der Waals surface area contributed by atoms with Crippen LogP contribution >= 0.6 is 0 Å². The topological polar surface area (TPSA) is 75.5 Å². The standard InChI is InChI=1S/C62H35N5O/c63-36-40-13-12-14-41(37-64)60(40)39-27-25-38(26-28-39)44-30-29-43(33-56(44)67-53-22-9-5-18-46(53)50-34-51-47-19-7-11-24-58(47)68-59(51)35-57(50)67)65-54-23-10-6-20-49(54)61-55(65)32-31-48-45-17-4-8-21-52(45)66(62(48)61)42-15-2-1-3-16-42/h1-35H. The average Bonchev–Trinajstić information content (AvgIpc) is 4.14. The van der Waals surface area contributed by atoms with E-state index >= 15 is 0 Å². The third-order valence-electron chi connectivity index (χ3n) is 13.9. The fourth-order valence-electron chi connectivity index (χ4n) is 11.0. The average molecular weight is 866 g/mol. The summed E-state index contributed by atoms with van der Waals surface area (Å²) >= 11 is 0. The monoisotopic (exact) mass is 865 g/mol. The quantitative estimate of drug-likeness (QED) is 0.173. The molecule has 0 saturated carbocycles. The van der Waals surface area contributed by atoms with Gasteiger partial charge in [-0.25, -0.2) is 0 Å². The molecule has 0 aliphatic heterocycles. The van der Waals surface area contributed by atoms with E-state index in [1.54, 1.807) is 18.2 Å². The van der Waals surface area contributed by atoms with Gasteiger partial charge in [-0.2, -0.15) is 10.5 Å². The molecule has 68 heavy (non-hydrogen) atoms. The van der Waals surface area contributed by atoms with Gasteiger partial charge >= 0.3 is 0 Å². The maximum Gasteiger partial charge on any atom is 0.137 e. The van der Waals surface area contributed by atoms with Gasteiger partial charge < -0.3 is 18.1 Å². The molecule has 0 N–H and O–H groups in total. The van der Waals surface area contributed by atoms with Gasteiger partial charge in [0.05, 0.1) is 62.1 Å². The summed E-state index contributed by atoms with van der Waals surface area (Å²) in [6.45, 7) is 0. The van der Waals surface area contributed by atoms with E-state index in [1.807, 2.05) is 24.3 Å². The minimum Gasteiger partial charge on any atom is -0.456 e. The van der Waals surface area contributed by atoms with E-state index in [0.29, 0.717) is 16.7 Å². The molecule has 14 aromatic rings. The summed E-state index contributed by atoms with van der Waals surface area (Å²) in [7, 11) is 0. The number of aromatic nitrogens is 3. The smallest absolute Gasteiger partial charge is 0.137 e. The number of fused-ring (bicyclic) bond motifs is 13. The van der Waals surface area contributed by atoms with Gasteiger partial charge in [0.15, 0.2) is 0 Å². The lowest BCUT2D eigenvalue weighted by atomic mass is 9.93. The van der Waals surface area contributed by atoms with Crippen molar-refractivity contribution in [2.24, 2.45) is 0 Å². The van der Waals surface area contributed by atoms with Crippen LogP contribution in [0.5, 0.6) is 0 Å². The molecule has 14 rings (SSSR count). The Hall–Kier alpha value is -9.62. The molecule has 10 aromatic carbocycles. The summed E-state index contributed by atoms with van der Waals surface area (Å²) in [5, 5.41) is 29.4. The van der Waals surface area contributed by atoms with Crippen LogP contribution in [0.1, 0.15) is 11.1 Å². The Labute approximate surface area is 389 Å². The fourth-order valence-corrected chi connectivity index (χ4v) is 11.0. The number of benzene rings is 10. The number of para-hydroxylation sites is 5. The van der Waals surface area contributed by atoms with Crippen molar-refractivity contribution in [3.63, 3.8) is 0 Å². The minimum atomic E-state index is 0.469. The van der Waals surface area contributed by atoms with Gasteiger partial charge in [-0.15, -0.1) is 0 Å². The Kier molecular flexibility index (Phi) is 8.01. The number of hydrogen-bond acceptors (Lipinski definition) is 3. The molecule has 0 radical (unpaired) electrons. The molecule has 0 aliphatic carbocycles. The number of hydrogen-bond donors (Lipinski definition) is 0. The molecule has 0 amide bonds.